The van der Waals surface area contributed by atoms with Crippen LogP contribution in [0.1, 0.15) is 37.5 Å². The second kappa shape index (κ2) is 8.16. The third kappa shape index (κ3) is 4.85. The molecule has 0 aliphatic carbocycles. The number of hydrogen-bond donors (Lipinski definition) is 2. The van der Waals surface area contributed by atoms with E-state index in [0.29, 0.717) is 11.4 Å². The largest absolute Gasteiger partial charge is 0.491 e. The molecule has 0 bridgehead atoms. The van der Waals surface area contributed by atoms with Crippen LogP contribution in [-0.2, 0) is 0 Å². The highest BCUT2D eigenvalue weighted by atomic mass is 35.5. The zero-order valence-corrected chi connectivity index (χ0v) is 14.5. The number of rotatable bonds is 6. The predicted octanol–water partition coefficient (Wildman–Crippen LogP) is 2.76. The summed E-state index contributed by atoms with van der Waals surface area (Å²) in [7, 11) is 0. The minimum atomic E-state index is -0.554. The number of ether oxygens (including phenoxy) is 1. The zero-order chi connectivity index (χ0) is 16.1. The molecule has 1 aromatic carbocycles. The first-order valence-corrected chi connectivity index (χ1v) is 8.43. The summed E-state index contributed by atoms with van der Waals surface area (Å²) in [6.45, 7) is 10.9. The van der Waals surface area contributed by atoms with Crippen LogP contribution in [-0.4, -0.2) is 48.8 Å². The van der Waals surface area contributed by atoms with Crippen molar-refractivity contribution in [2.45, 2.75) is 39.4 Å². The van der Waals surface area contributed by atoms with Gasteiger partial charge < -0.3 is 20.1 Å². The molecule has 1 fully saturated rings. The maximum absolute atomic E-state index is 10.6. The summed E-state index contributed by atoms with van der Waals surface area (Å²) in [4.78, 5) is 2.37. The van der Waals surface area contributed by atoms with Gasteiger partial charge in [0.1, 0.15) is 5.75 Å². The van der Waals surface area contributed by atoms with E-state index in [9.17, 15) is 5.11 Å². The summed E-state index contributed by atoms with van der Waals surface area (Å²) in [5.41, 5.74) is 1.76. The van der Waals surface area contributed by atoms with Crippen LogP contribution in [0, 0.1) is 6.92 Å². The Morgan fingerprint density at radius 3 is 2.64 bits per heavy atom. The molecule has 1 heterocycles. The van der Waals surface area contributed by atoms with Gasteiger partial charge in [0.25, 0.3) is 0 Å². The third-order valence-electron chi connectivity index (χ3n) is 3.94. The number of aliphatic hydroxyl groups is 1. The summed E-state index contributed by atoms with van der Waals surface area (Å²) in [5.74, 6) is 0.740. The number of nitrogens with one attached hydrogen (secondary N) is 1. The molecule has 2 N–H and O–H groups in total. The van der Waals surface area contributed by atoms with Crippen molar-refractivity contribution < 1.29 is 9.84 Å². The van der Waals surface area contributed by atoms with Gasteiger partial charge in [0.05, 0.1) is 12.2 Å². The van der Waals surface area contributed by atoms with Gasteiger partial charge in [-0.1, -0.05) is 11.6 Å². The Hall–Kier alpha value is -0.810. The number of hydrogen-bond acceptors (Lipinski definition) is 4. The first kappa shape index (κ1) is 17.5. The maximum Gasteiger partial charge on any atom is 0.125 e. The average molecular weight is 327 g/mol. The minimum Gasteiger partial charge on any atom is -0.491 e. The summed E-state index contributed by atoms with van der Waals surface area (Å²) in [5, 5.41) is 14.6. The summed E-state index contributed by atoms with van der Waals surface area (Å²) in [6, 6.07) is 3.77. The molecule has 0 spiro atoms. The van der Waals surface area contributed by atoms with E-state index in [4.69, 9.17) is 16.3 Å². The Bertz CT molecular complexity index is 488. The first-order chi connectivity index (χ1) is 10.5. The number of nitrogens with zero attached hydrogens (tertiary/aromatic N) is 1. The SMILES string of the molecule is Cc1cc(OC(C)C)c(C(O)CCN2CCNCC2)cc1Cl. The third-order valence-corrected chi connectivity index (χ3v) is 4.35. The lowest BCUT2D eigenvalue weighted by Crippen LogP contribution is -2.44. The molecular weight excluding hydrogens is 300 g/mol. The van der Waals surface area contributed by atoms with Gasteiger partial charge in [0.2, 0.25) is 0 Å². The Labute approximate surface area is 138 Å². The molecular formula is C17H27ClN2O2. The minimum absolute atomic E-state index is 0.0692. The molecule has 1 aromatic rings. The number of aliphatic hydroxyl groups excluding tert-OH is 1. The number of aryl methyl sites for hydroxylation is 1. The lowest BCUT2D eigenvalue weighted by atomic mass is 10.0. The van der Waals surface area contributed by atoms with Crippen LogP contribution in [0.2, 0.25) is 5.02 Å². The van der Waals surface area contributed by atoms with E-state index in [1.54, 1.807) is 0 Å². The van der Waals surface area contributed by atoms with Crippen molar-refractivity contribution in [1.29, 1.82) is 0 Å². The van der Waals surface area contributed by atoms with E-state index in [2.05, 4.69) is 10.2 Å². The Morgan fingerprint density at radius 1 is 1.32 bits per heavy atom. The van der Waals surface area contributed by atoms with Crippen molar-refractivity contribution in [3.63, 3.8) is 0 Å². The first-order valence-electron chi connectivity index (χ1n) is 8.05. The Morgan fingerprint density at radius 2 is 2.00 bits per heavy atom. The average Bonchev–Trinajstić information content (AvgIpc) is 2.49. The molecule has 0 aromatic heterocycles. The van der Waals surface area contributed by atoms with Crippen LogP contribution in [0.4, 0.5) is 0 Å². The molecule has 1 aliphatic rings. The van der Waals surface area contributed by atoms with E-state index in [-0.39, 0.29) is 6.10 Å². The molecule has 1 saturated heterocycles. The second-order valence-corrected chi connectivity index (χ2v) is 6.61. The van der Waals surface area contributed by atoms with Gasteiger partial charge in [-0.15, -0.1) is 0 Å². The van der Waals surface area contributed by atoms with Crippen molar-refractivity contribution in [3.05, 3.63) is 28.3 Å². The summed E-state index contributed by atoms with van der Waals surface area (Å²) >= 11 is 6.23. The van der Waals surface area contributed by atoms with Crippen molar-refractivity contribution in [3.8, 4) is 5.75 Å². The van der Waals surface area contributed by atoms with Crippen LogP contribution >= 0.6 is 11.6 Å². The molecule has 124 valence electrons. The van der Waals surface area contributed by atoms with E-state index in [0.717, 1.165) is 49.6 Å². The quantitative estimate of drug-likeness (QED) is 0.843. The molecule has 2 rings (SSSR count). The van der Waals surface area contributed by atoms with Gasteiger partial charge in [0, 0.05) is 43.3 Å². The number of benzene rings is 1. The molecule has 5 heteroatoms. The number of halogens is 1. The molecule has 1 atom stereocenters. The molecule has 1 unspecified atom stereocenters. The van der Waals surface area contributed by atoms with E-state index in [1.165, 1.54) is 0 Å². The molecule has 1 aliphatic heterocycles. The van der Waals surface area contributed by atoms with Crippen LogP contribution in [0.3, 0.4) is 0 Å². The molecule has 22 heavy (non-hydrogen) atoms. The highest BCUT2D eigenvalue weighted by Crippen LogP contribution is 2.33. The normalized spacial score (nSPS) is 17.7. The highest BCUT2D eigenvalue weighted by Gasteiger charge is 2.18. The second-order valence-electron chi connectivity index (χ2n) is 6.20. The van der Waals surface area contributed by atoms with Crippen molar-refractivity contribution in [2.24, 2.45) is 0 Å². The van der Waals surface area contributed by atoms with E-state index >= 15 is 0 Å². The van der Waals surface area contributed by atoms with Crippen LogP contribution in [0.15, 0.2) is 12.1 Å². The lowest BCUT2D eigenvalue weighted by Gasteiger charge is -2.28. The summed E-state index contributed by atoms with van der Waals surface area (Å²) < 4.78 is 5.85. The van der Waals surface area contributed by atoms with Crippen molar-refractivity contribution in [2.75, 3.05) is 32.7 Å². The molecule has 0 saturated carbocycles. The smallest absolute Gasteiger partial charge is 0.125 e. The van der Waals surface area contributed by atoms with Crippen LogP contribution in [0.5, 0.6) is 5.75 Å². The Balaban J connectivity index is 2.06. The zero-order valence-electron chi connectivity index (χ0n) is 13.7. The predicted molar refractivity (Wildman–Crippen MR) is 90.8 cm³/mol. The van der Waals surface area contributed by atoms with Gasteiger partial charge in [-0.25, -0.2) is 0 Å². The highest BCUT2D eigenvalue weighted by molar-refractivity contribution is 6.31. The Kier molecular flexibility index (Phi) is 6.50. The van der Waals surface area contributed by atoms with E-state index < -0.39 is 6.10 Å². The van der Waals surface area contributed by atoms with Crippen LogP contribution in [0.25, 0.3) is 0 Å². The fourth-order valence-corrected chi connectivity index (χ4v) is 2.85. The fourth-order valence-electron chi connectivity index (χ4n) is 2.68. The monoisotopic (exact) mass is 326 g/mol. The molecule has 0 amide bonds. The topological polar surface area (TPSA) is 44.7 Å². The van der Waals surface area contributed by atoms with Gasteiger partial charge in [0.15, 0.2) is 0 Å². The molecule has 4 nitrogen and oxygen atoms in total. The number of piperazine rings is 1. The fraction of sp³-hybridized carbons (Fsp3) is 0.647. The summed E-state index contributed by atoms with van der Waals surface area (Å²) in [6.07, 6.45) is 0.204. The van der Waals surface area contributed by atoms with Gasteiger partial charge in [-0.3, -0.25) is 0 Å². The lowest BCUT2D eigenvalue weighted by molar-refractivity contribution is 0.130. The van der Waals surface area contributed by atoms with Crippen molar-refractivity contribution >= 4 is 11.6 Å². The standard InChI is InChI=1S/C17H27ClN2O2/c1-12(2)22-17-10-13(3)15(18)11-14(17)16(21)4-7-20-8-5-19-6-9-20/h10-12,16,19,21H,4-9H2,1-3H3. The van der Waals surface area contributed by atoms with Gasteiger partial charge in [-0.05, 0) is 44.9 Å². The van der Waals surface area contributed by atoms with Crippen LogP contribution < -0.4 is 10.1 Å². The van der Waals surface area contributed by atoms with Gasteiger partial charge in [-0.2, -0.15) is 0 Å². The maximum atomic E-state index is 10.6. The molecule has 0 radical (unpaired) electrons. The van der Waals surface area contributed by atoms with Gasteiger partial charge >= 0.3 is 0 Å². The van der Waals surface area contributed by atoms with Crippen molar-refractivity contribution in [1.82, 2.24) is 10.2 Å². The van der Waals surface area contributed by atoms with E-state index in [1.807, 2.05) is 32.9 Å².